The van der Waals surface area contributed by atoms with Gasteiger partial charge >= 0.3 is 0 Å². The van der Waals surface area contributed by atoms with Gasteiger partial charge in [0.2, 0.25) is 11.8 Å². The van der Waals surface area contributed by atoms with Crippen molar-refractivity contribution >= 4 is 23.2 Å². The highest BCUT2D eigenvalue weighted by atomic mass is 35.5. The average molecular weight is 424 g/mol. The molecule has 4 nitrogen and oxygen atoms in total. The molecule has 0 fully saturated rings. The van der Waals surface area contributed by atoms with Crippen LogP contribution in [0.25, 0.3) is 11.5 Å². The first kappa shape index (κ1) is 19.6. The summed E-state index contributed by atoms with van der Waals surface area (Å²) in [6, 6.07) is 25.0. The quantitative estimate of drug-likeness (QED) is 0.398. The molecule has 0 amide bonds. The third kappa shape index (κ3) is 5.04. The van der Waals surface area contributed by atoms with Crippen molar-refractivity contribution in [3.05, 3.63) is 106 Å². The molecule has 3 aromatic carbocycles. The first-order chi connectivity index (χ1) is 14.2. The van der Waals surface area contributed by atoms with Gasteiger partial charge in [0.15, 0.2) is 0 Å². The number of nitrogens with zero attached hydrogens (tertiary/aromatic N) is 2. The highest BCUT2D eigenvalue weighted by Gasteiger charge is 2.21. The molecule has 0 radical (unpaired) electrons. The molecule has 0 aliphatic carbocycles. The molecule has 0 spiro atoms. The molecule has 0 saturated carbocycles. The van der Waals surface area contributed by atoms with Crippen molar-refractivity contribution in [2.24, 2.45) is 0 Å². The minimum atomic E-state index is -0.232. The first-order valence-electron chi connectivity index (χ1n) is 9.31. The monoisotopic (exact) mass is 423 g/mol. The molecule has 0 aliphatic heterocycles. The van der Waals surface area contributed by atoms with Crippen LogP contribution in [0, 0.1) is 0 Å². The van der Waals surface area contributed by atoms with Crippen molar-refractivity contribution in [2.75, 3.05) is 6.54 Å². The molecule has 1 aromatic heterocycles. The third-order valence-electron chi connectivity index (χ3n) is 4.59. The van der Waals surface area contributed by atoms with Gasteiger partial charge in [-0.15, -0.1) is 10.2 Å². The van der Waals surface area contributed by atoms with Gasteiger partial charge in [-0.25, -0.2) is 0 Å². The maximum atomic E-state index is 6.06. The van der Waals surface area contributed by atoms with Crippen LogP contribution in [0.3, 0.4) is 0 Å². The van der Waals surface area contributed by atoms with Gasteiger partial charge in [0.1, 0.15) is 6.04 Å². The van der Waals surface area contributed by atoms with Crippen LogP contribution in [0.4, 0.5) is 0 Å². The number of aromatic nitrogens is 2. The van der Waals surface area contributed by atoms with E-state index < -0.39 is 0 Å². The Balaban J connectivity index is 1.54. The highest BCUT2D eigenvalue weighted by molar-refractivity contribution is 6.30. The molecular formula is C23H19Cl2N3O. The second kappa shape index (κ2) is 9.23. The smallest absolute Gasteiger partial charge is 0.247 e. The fourth-order valence-corrected chi connectivity index (χ4v) is 3.32. The number of hydrogen-bond acceptors (Lipinski definition) is 4. The Morgan fingerprint density at radius 1 is 0.793 bits per heavy atom. The van der Waals surface area contributed by atoms with E-state index in [1.165, 1.54) is 5.56 Å². The van der Waals surface area contributed by atoms with Crippen molar-refractivity contribution in [1.29, 1.82) is 0 Å². The van der Waals surface area contributed by atoms with Gasteiger partial charge in [-0.2, -0.15) is 0 Å². The van der Waals surface area contributed by atoms with Crippen LogP contribution in [0.15, 0.2) is 83.3 Å². The average Bonchev–Trinajstić information content (AvgIpc) is 3.24. The number of halogens is 2. The van der Waals surface area contributed by atoms with Crippen LogP contribution in [0.2, 0.25) is 10.0 Å². The molecule has 0 aliphatic rings. The zero-order valence-corrected chi connectivity index (χ0v) is 17.1. The minimum absolute atomic E-state index is 0.232. The second-order valence-corrected chi connectivity index (χ2v) is 7.50. The van der Waals surface area contributed by atoms with E-state index in [0.29, 0.717) is 16.8 Å². The zero-order valence-electron chi connectivity index (χ0n) is 15.6. The number of benzene rings is 3. The summed E-state index contributed by atoms with van der Waals surface area (Å²) in [6.07, 6.45) is 0.848. The van der Waals surface area contributed by atoms with E-state index in [-0.39, 0.29) is 6.04 Å². The molecule has 1 N–H and O–H groups in total. The summed E-state index contributed by atoms with van der Waals surface area (Å²) in [5.41, 5.74) is 3.10. The molecule has 4 aromatic rings. The van der Waals surface area contributed by atoms with E-state index >= 15 is 0 Å². The highest BCUT2D eigenvalue weighted by Crippen LogP contribution is 2.26. The van der Waals surface area contributed by atoms with Crippen LogP contribution in [0.5, 0.6) is 0 Å². The SMILES string of the molecule is Clc1ccc(CCN[C@@H](c2ccc(Cl)cc2)c2nnc(-c3ccccc3)o2)cc1. The molecule has 0 unspecified atom stereocenters. The van der Waals surface area contributed by atoms with Crippen LogP contribution in [-0.2, 0) is 6.42 Å². The van der Waals surface area contributed by atoms with E-state index in [4.69, 9.17) is 27.6 Å². The Hall–Kier alpha value is -2.66. The predicted octanol–water partition coefficient (Wildman–Crippen LogP) is 5.97. The summed E-state index contributed by atoms with van der Waals surface area (Å²) in [7, 11) is 0. The van der Waals surface area contributed by atoms with E-state index in [1.54, 1.807) is 0 Å². The lowest BCUT2D eigenvalue weighted by atomic mass is 10.1. The molecular weight excluding hydrogens is 405 g/mol. The van der Waals surface area contributed by atoms with Gasteiger partial charge in [0.25, 0.3) is 0 Å². The normalized spacial score (nSPS) is 12.1. The van der Waals surface area contributed by atoms with Crippen molar-refractivity contribution in [1.82, 2.24) is 15.5 Å². The zero-order chi connectivity index (χ0) is 20.1. The maximum absolute atomic E-state index is 6.06. The van der Waals surface area contributed by atoms with Gasteiger partial charge in [-0.3, -0.25) is 0 Å². The van der Waals surface area contributed by atoms with Gasteiger partial charge in [0, 0.05) is 22.2 Å². The summed E-state index contributed by atoms with van der Waals surface area (Å²) >= 11 is 12.0. The van der Waals surface area contributed by atoms with Crippen LogP contribution in [0.1, 0.15) is 23.1 Å². The van der Waals surface area contributed by atoms with Gasteiger partial charge in [0.05, 0.1) is 0 Å². The Morgan fingerprint density at radius 2 is 1.45 bits per heavy atom. The molecule has 4 rings (SSSR count). The summed E-state index contributed by atoms with van der Waals surface area (Å²) in [4.78, 5) is 0. The summed E-state index contributed by atoms with van der Waals surface area (Å²) in [5, 5.41) is 13.5. The number of nitrogens with one attached hydrogen (secondary N) is 1. The Kier molecular flexibility index (Phi) is 6.25. The largest absolute Gasteiger partial charge is 0.419 e. The summed E-state index contributed by atoms with van der Waals surface area (Å²) in [6.45, 7) is 0.734. The van der Waals surface area contributed by atoms with E-state index in [1.807, 2.05) is 78.9 Å². The fourth-order valence-electron chi connectivity index (χ4n) is 3.06. The van der Waals surface area contributed by atoms with Crippen molar-refractivity contribution < 1.29 is 4.42 Å². The lowest BCUT2D eigenvalue weighted by molar-refractivity contribution is 0.440. The molecule has 0 bridgehead atoms. The Bertz CT molecular complexity index is 1050. The Morgan fingerprint density at radius 3 is 2.14 bits per heavy atom. The van der Waals surface area contributed by atoms with E-state index in [0.717, 1.165) is 29.1 Å². The topological polar surface area (TPSA) is 51.0 Å². The van der Waals surface area contributed by atoms with Gasteiger partial charge < -0.3 is 9.73 Å². The lowest BCUT2D eigenvalue weighted by Crippen LogP contribution is -2.25. The van der Waals surface area contributed by atoms with Crippen molar-refractivity contribution in [2.45, 2.75) is 12.5 Å². The molecule has 1 atom stereocenters. The predicted molar refractivity (Wildman–Crippen MR) is 116 cm³/mol. The lowest BCUT2D eigenvalue weighted by Gasteiger charge is -2.16. The molecule has 29 heavy (non-hydrogen) atoms. The van der Waals surface area contributed by atoms with Crippen LogP contribution < -0.4 is 5.32 Å². The van der Waals surface area contributed by atoms with Crippen LogP contribution in [-0.4, -0.2) is 16.7 Å². The van der Waals surface area contributed by atoms with Crippen molar-refractivity contribution in [3.63, 3.8) is 0 Å². The summed E-state index contributed by atoms with van der Waals surface area (Å²) in [5.74, 6) is 1.02. The van der Waals surface area contributed by atoms with Gasteiger partial charge in [-0.1, -0.05) is 65.7 Å². The standard InChI is InChI=1S/C23H19Cl2N3O/c24-19-10-6-16(7-11-19)14-15-26-21(17-8-12-20(25)13-9-17)23-28-27-22(29-23)18-4-2-1-3-5-18/h1-13,21,26H,14-15H2/t21-/m0/s1. The van der Waals surface area contributed by atoms with E-state index in [9.17, 15) is 0 Å². The Labute approximate surface area is 179 Å². The first-order valence-corrected chi connectivity index (χ1v) is 10.1. The molecule has 0 saturated heterocycles. The molecule has 146 valence electrons. The molecule has 1 heterocycles. The van der Waals surface area contributed by atoms with Crippen molar-refractivity contribution in [3.8, 4) is 11.5 Å². The summed E-state index contributed by atoms with van der Waals surface area (Å²) < 4.78 is 6.00. The van der Waals surface area contributed by atoms with Gasteiger partial charge in [-0.05, 0) is 53.9 Å². The minimum Gasteiger partial charge on any atom is -0.419 e. The fraction of sp³-hybridized carbons (Fsp3) is 0.130. The van der Waals surface area contributed by atoms with Crippen LogP contribution >= 0.6 is 23.2 Å². The maximum Gasteiger partial charge on any atom is 0.247 e. The van der Waals surface area contributed by atoms with E-state index in [2.05, 4.69) is 15.5 Å². The number of hydrogen-bond donors (Lipinski definition) is 1. The second-order valence-electron chi connectivity index (χ2n) is 6.63. The third-order valence-corrected chi connectivity index (χ3v) is 5.09. The number of rotatable bonds is 7. The molecule has 6 heteroatoms.